The van der Waals surface area contributed by atoms with Crippen LogP contribution in [0.5, 0.6) is 0 Å². The molecule has 0 aliphatic heterocycles. The molecule has 1 unspecified atom stereocenters. The number of hydrogen-bond acceptors (Lipinski definition) is 2. The van der Waals surface area contributed by atoms with Crippen molar-refractivity contribution in [2.45, 2.75) is 65.2 Å². The average molecular weight is 381 g/mol. The number of aliphatic hydroxyl groups is 1. The van der Waals surface area contributed by atoms with Gasteiger partial charge in [-0.15, -0.1) is 0 Å². The molecule has 0 spiro atoms. The van der Waals surface area contributed by atoms with Crippen LogP contribution in [0.2, 0.25) is 0 Å². The van der Waals surface area contributed by atoms with E-state index < -0.39 is 43.0 Å². The van der Waals surface area contributed by atoms with Crippen molar-refractivity contribution >= 4 is 5.97 Å². The summed E-state index contributed by atoms with van der Waals surface area (Å²) in [6.45, 7) is 4.30. The summed E-state index contributed by atoms with van der Waals surface area (Å²) in [5, 5.41) is 19.0. The molecule has 0 amide bonds. The van der Waals surface area contributed by atoms with Gasteiger partial charge in [0.2, 0.25) is 0 Å². The molecule has 150 valence electrons. The van der Waals surface area contributed by atoms with Gasteiger partial charge in [-0.05, 0) is 52.2 Å². The number of rotatable bonds is 14. The number of hydrogen-bond donors (Lipinski definition) is 2. The second-order valence-electron chi connectivity index (χ2n) is 6.20. The smallest absolute Gasteiger partial charge is 0.309 e. The van der Waals surface area contributed by atoms with Gasteiger partial charge in [0, 0.05) is 11.0 Å². The molecule has 27 heavy (non-hydrogen) atoms. The van der Waals surface area contributed by atoms with Crippen molar-refractivity contribution in [1.82, 2.24) is 0 Å². The van der Waals surface area contributed by atoms with Crippen LogP contribution in [0.3, 0.4) is 0 Å². The lowest BCUT2D eigenvalue weighted by atomic mass is 9.87. The number of aliphatic carboxylic acids is 1. The molecule has 3 nitrogen and oxygen atoms in total. The van der Waals surface area contributed by atoms with E-state index in [4.69, 9.17) is 16.1 Å². The lowest BCUT2D eigenvalue weighted by Gasteiger charge is -2.20. The van der Waals surface area contributed by atoms with Gasteiger partial charge in [-0.2, -0.15) is 0 Å². The predicted molar refractivity (Wildman–Crippen MR) is 116 cm³/mol. The fraction of sp³-hybridized carbons (Fsp3) is 0.458. The highest BCUT2D eigenvalue weighted by molar-refractivity contribution is 5.73. The normalized spacial score (nSPS) is 21.3. The molecule has 2 N–H and O–H groups in total. The zero-order valence-corrected chi connectivity index (χ0v) is 16.2. The third-order valence-electron chi connectivity index (χ3n) is 3.26. The molecule has 0 fully saturated rings. The fourth-order valence-corrected chi connectivity index (χ4v) is 1.73. The zero-order chi connectivity index (χ0) is 27.6. The van der Waals surface area contributed by atoms with Crippen LogP contribution in [0.25, 0.3) is 0 Å². The van der Waals surface area contributed by atoms with Crippen LogP contribution < -0.4 is 0 Å². The van der Waals surface area contributed by atoms with E-state index in [1.54, 1.807) is 0 Å². The van der Waals surface area contributed by atoms with Crippen LogP contribution in [0, 0.1) is 5.41 Å². The maximum atomic E-state index is 11.1. The molecule has 0 radical (unpaired) electrons. The first-order valence-corrected chi connectivity index (χ1v) is 8.70. The van der Waals surface area contributed by atoms with Crippen LogP contribution in [0.15, 0.2) is 72.9 Å². The topological polar surface area (TPSA) is 57.5 Å². The zero-order valence-electron chi connectivity index (χ0n) is 24.2. The summed E-state index contributed by atoms with van der Waals surface area (Å²) in [7, 11) is 0. The molecule has 0 aliphatic carbocycles. The molecule has 0 aromatic carbocycles. The lowest BCUT2D eigenvalue weighted by molar-refractivity contribution is -0.148. The van der Waals surface area contributed by atoms with Gasteiger partial charge in [-0.3, -0.25) is 4.79 Å². The Labute approximate surface area is 176 Å². The van der Waals surface area contributed by atoms with Crippen LogP contribution in [0.4, 0.5) is 0 Å². The highest BCUT2D eigenvalue weighted by atomic mass is 16.4. The first-order chi connectivity index (χ1) is 15.7. The summed E-state index contributed by atoms with van der Waals surface area (Å²) >= 11 is 0. The molecular weight excluding hydrogens is 336 g/mol. The number of aliphatic hydroxyl groups excluding tert-OH is 1. The monoisotopic (exact) mass is 380 g/mol. The minimum absolute atomic E-state index is 0.0194. The third-order valence-corrected chi connectivity index (χ3v) is 3.26. The van der Waals surface area contributed by atoms with E-state index in [9.17, 15) is 9.90 Å². The summed E-state index contributed by atoms with van der Waals surface area (Å²) in [6.07, 6.45) is 7.03. The molecule has 0 rings (SSSR count). The quantitative estimate of drug-likeness (QED) is 0.280. The number of carboxylic acid groups (broad SMARTS) is 1. The SMILES string of the molecule is [2H]C([2H])(C)/C=C\C([2H])([2H])/C=C\C([2H])([2H])/C=C\C/C=C\C([2H])([2H])/C=C\C=C\C(O)CC(C)(C)C(=O)O. The standard InChI is InChI=1S/C24H36O3/c1-4-5-6-7-8-9-10-11-12-13-14-15-16-17-18-19-20-22(25)21-24(2,3)23(26)27/h5-6,8-9,11-12,14-15,17-20,22,25H,4,7,10,13,16,21H2,1-3H3,(H,26,27)/b6-5-,9-8-,12-11-,15-14-,18-17-,20-19+/i4D2,7D2,10D2,16D2. The molecule has 0 saturated heterocycles. The van der Waals surface area contributed by atoms with Gasteiger partial charge in [-0.25, -0.2) is 0 Å². The van der Waals surface area contributed by atoms with Gasteiger partial charge in [0.15, 0.2) is 0 Å². The molecular formula is C24H36O3. The Morgan fingerprint density at radius 3 is 2.00 bits per heavy atom. The van der Waals surface area contributed by atoms with E-state index in [1.807, 2.05) is 0 Å². The summed E-state index contributed by atoms with van der Waals surface area (Å²) < 4.78 is 62.0. The van der Waals surface area contributed by atoms with Crippen LogP contribution in [-0.4, -0.2) is 22.3 Å². The maximum absolute atomic E-state index is 11.1. The van der Waals surface area contributed by atoms with Gasteiger partial charge < -0.3 is 10.2 Å². The first-order valence-electron chi connectivity index (χ1n) is 12.7. The van der Waals surface area contributed by atoms with Crippen LogP contribution in [-0.2, 0) is 4.79 Å². The van der Waals surface area contributed by atoms with E-state index in [0.29, 0.717) is 0 Å². The van der Waals surface area contributed by atoms with Crippen LogP contribution in [0.1, 0.15) is 70.1 Å². The number of carbonyl (C=O) groups is 1. The van der Waals surface area contributed by atoms with Gasteiger partial charge in [0.25, 0.3) is 0 Å². The first kappa shape index (κ1) is 14.0. The lowest BCUT2D eigenvalue weighted by Crippen LogP contribution is -2.28. The molecule has 0 aromatic heterocycles. The maximum Gasteiger partial charge on any atom is 0.309 e. The van der Waals surface area contributed by atoms with E-state index >= 15 is 0 Å². The number of carboxylic acids is 1. The van der Waals surface area contributed by atoms with Gasteiger partial charge in [-0.1, -0.05) is 79.8 Å². The molecule has 0 bridgehead atoms. The van der Waals surface area contributed by atoms with E-state index in [0.717, 1.165) is 24.3 Å². The Morgan fingerprint density at radius 2 is 1.44 bits per heavy atom. The third kappa shape index (κ3) is 15.8. The van der Waals surface area contributed by atoms with Crippen LogP contribution >= 0.6 is 0 Å². The van der Waals surface area contributed by atoms with E-state index in [2.05, 4.69) is 0 Å². The van der Waals surface area contributed by atoms with Crippen molar-refractivity contribution in [2.24, 2.45) is 5.41 Å². The highest BCUT2D eigenvalue weighted by Crippen LogP contribution is 2.22. The van der Waals surface area contributed by atoms with Gasteiger partial charge in [0.05, 0.1) is 11.5 Å². The summed E-state index contributed by atoms with van der Waals surface area (Å²) in [5.41, 5.74) is -1.08. The summed E-state index contributed by atoms with van der Waals surface area (Å²) in [4.78, 5) is 11.1. The molecule has 0 aromatic rings. The van der Waals surface area contributed by atoms with Gasteiger partial charge in [0.1, 0.15) is 0 Å². The molecule has 0 saturated carbocycles. The Kier molecular flexibility index (Phi) is 8.31. The molecule has 0 heterocycles. The Hall–Kier alpha value is -2.13. The van der Waals surface area contributed by atoms with Crippen molar-refractivity contribution < 1.29 is 26.0 Å². The Balaban J connectivity index is 4.83. The molecule has 3 heteroatoms. The van der Waals surface area contributed by atoms with Crippen molar-refractivity contribution in [3.63, 3.8) is 0 Å². The fourth-order valence-electron chi connectivity index (χ4n) is 1.73. The van der Waals surface area contributed by atoms with E-state index in [1.165, 1.54) is 69.4 Å². The second kappa shape index (κ2) is 16.1. The van der Waals surface area contributed by atoms with E-state index in [-0.39, 0.29) is 12.8 Å². The molecule has 0 aliphatic rings. The predicted octanol–water partition coefficient (Wildman–Crippen LogP) is 6.16. The molecule has 1 atom stereocenters. The summed E-state index contributed by atoms with van der Waals surface area (Å²) in [6, 6.07) is 0. The largest absolute Gasteiger partial charge is 0.481 e. The van der Waals surface area contributed by atoms with Crippen molar-refractivity contribution in [1.29, 1.82) is 0 Å². The average Bonchev–Trinajstić information content (AvgIpc) is 2.67. The van der Waals surface area contributed by atoms with Crippen molar-refractivity contribution in [3.8, 4) is 0 Å². The van der Waals surface area contributed by atoms with Crippen molar-refractivity contribution in [3.05, 3.63) is 72.9 Å². The summed E-state index contributed by atoms with van der Waals surface area (Å²) in [5.74, 6) is -1.02. The Morgan fingerprint density at radius 1 is 0.926 bits per heavy atom. The van der Waals surface area contributed by atoms with Crippen molar-refractivity contribution in [2.75, 3.05) is 0 Å². The number of allylic oxidation sites excluding steroid dienone is 11. The van der Waals surface area contributed by atoms with Gasteiger partial charge >= 0.3 is 5.97 Å². The minimum Gasteiger partial charge on any atom is -0.481 e. The second-order valence-corrected chi connectivity index (χ2v) is 6.20. The highest BCUT2D eigenvalue weighted by Gasteiger charge is 2.28. The Bertz CT molecular complexity index is 860. The minimum atomic E-state index is -2.01.